The molecule has 2 rings (SSSR count). The monoisotopic (exact) mass is 459 g/mol. The quantitative estimate of drug-likeness (QED) is 0.474. The van der Waals surface area contributed by atoms with Crippen molar-refractivity contribution in [3.05, 3.63) is 76.7 Å². The normalized spacial score (nSPS) is 15.4. The number of piperidine rings is 1. The Morgan fingerprint density at radius 1 is 1.24 bits per heavy atom. The molecule has 6 nitrogen and oxygen atoms in total. The predicted octanol–water partition coefficient (Wildman–Crippen LogP) is 3.75. The fraction of sp³-hybridized carbons (Fsp3) is 0.318. The molecule has 0 aromatic carbocycles. The molecule has 1 N–H and O–H groups in total. The number of ether oxygens (including phenoxy) is 1. The van der Waals surface area contributed by atoms with Crippen molar-refractivity contribution in [3.63, 3.8) is 0 Å². The fourth-order valence-corrected chi connectivity index (χ4v) is 3.18. The van der Waals surface area contributed by atoms with Gasteiger partial charge in [0.1, 0.15) is 5.70 Å². The number of amides is 2. The number of aromatic nitrogens is 1. The lowest BCUT2D eigenvalue weighted by molar-refractivity contribution is -0.128. The Labute approximate surface area is 180 Å². The molecule has 1 aromatic rings. The van der Waals surface area contributed by atoms with Crippen LogP contribution in [0.25, 0.3) is 0 Å². The van der Waals surface area contributed by atoms with Crippen LogP contribution in [-0.4, -0.2) is 48.5 Å². The lowest BCUT2D eigenvalue weighted by atomic mass is 10.1. The number of hydrogen-bond acceptors (Lipinski definition) is 4. The van der Waals surface area contributed by atoms with Gasteiger partial charge in [0.2, 0.25) is 0 Å². The first kappa shape index (κ1) is 22.8. The molecule has 0 aliphatic carbocycles. The molecule has 1 aliphatic heterocycles. The van der Waals surface area contributed by atoms with Crippen LogP contribution in [0, 0.1) is 0 Å². The summed E-state index contributed by atoms with van der Waals surface area (Å²) in [6.45, 7) is 5.87. The molecule has 2 amide bonds. The Balaban J connectivity index is 2.26. The summed E-state index contributed by atoms with van der Waals surface area (Å²) in [5.41, 5.74) is 1.18. The standard InChI is InChI=1S/C22H26BrN3O3/c1-17(9-5-3-8-16-29-2)19(23)20(22(28)26-14-6-4-7-15-26)25-21(27)18-10-12-24-13-11-18/h3,5,8-13H,1,4,6-7,14-16H2,2H3,(H,25,27)/b8-3-,9-5-,20-19+. The van der Waals surface area contributed by atoms with Crippen molar-refractivity contribution in [2.75, 3.05) is 26.8 Å². The second-order valence-electron chi connectivity index (χ2n) is 6.50. The second kappa shape index (κ2) is 12.1. The van der Waals surface area contributed by atoms with Gasteiger partial charge in [0, 0.05) is 38.2 Å². The third-order valence-corrected chi connectivity index (χ3v) is 5.25. The van der Waals surface area contributed by atoms with E-state index >= 15 is 0 Å². The molecule has 0 spiro atoms. The topological polar surface area (TPSA) is 71.5 Å². The smallest absolute Gasteiger partial charge is 0.271 e. The van der Waals surface area contributed by atoms with Crippen LogP contribution in [0.2, 0.25) is 0 Å². The number of allylic oxidation sites excluding steroid dienone is 5. The predicted molar refractivity (Wildman–Crippen MR) is 117 cm³/mol. The molecule has 1 aromatic heterocycles. The summed E-state index contributed by atoms with van der Waals surface area (Å²) in [7, 11) is 1.62. The number of likely N-dealkylation sites (tertiary alicyclic amines) is 1. The van der Waals surface area contributed by atoms with E-state index in [1.54, 1.807) is 36.3 Å². The minimum absolute atomic E-state index is 0.184. The SMILES string of the molecule is C=C(/C=C\C=C/COC)/C(Br)=C(\NC(=O)c1ccncc1)C(=O)N1CCCCC1. The van der Waals surface area contributed by atoms with Crippen LogP contribution in [0.3, 0.4) is 0 Å². The number of carbonyl (C=O) groups is 2. The minimum Gasteiger partial charge on any atom is -0.381 e. The Kier molecular flexibility index (Phi) is 9.53. The van der Waals surface area contributed by atoms with Crippen molar-refractivity contribution >= 4 is 27.7 Å². The van der Waals surface area contributed by atoms with Crippen molar-refractivity contribution in [2.24, 2.45) is 0 Å². The molecule has 29 heavy (non-hydrogen) atoms. The summed E-state index contributed by atoms with van der Waals surface area (Å²) in [6.07, 6.45) is 13.3. The second-order valence-corrected chi connectivity index (χ2v) is 7.29. The number of pyridine rings is 1. The highest BCUT2D eigenvalue weighted by Crippen LogP contribution is 2.23. The van der Waals surface area contributed by atoms with Gasteiger partial charge in [-0.05, 0) is 52.9 Å². The largest absolute Gasteiger partial charge is 0.381 e. The molecule has 2 heterocycles. The van der Waals surface area contributed by atoms with Gasteiger partial charge in [-0.25, -0.2) is 0 Å². The molecule has 0 saturated carbocycles. The maximum atomic E-state index is 13.1. The summed E-state index contributed by atoms with van der Waals surface area (Å²) in [5.74, 6) is -0.593. The van der Waals surface area contributed by atoms with E-state index in [9.17, 15) is 9.59 Å². The molecule has 0 bridgehead atoms. The number of halogens is 1. The molecule has 7 heteroatoms. The molecule has 0 radical (unpaired) electrons. The van der Waals surface area contributed by atoms with Gasteiger partial charge in [-0.3, -0.25) is 14.6 Å². The van der Waals surface area contributed by atoms with Crippen LogP contribution in [-0.2, 0) is 9.53 Å². The Bertz CT molecular complexity index is 810. The van der Waals surface area contributed by atoms with E-state index in [-0.39, 0.29) is 17.5 Å². The maximum absolute atomic E-state index is 13.1. The van der Waals surface area contributed by atoms with Crippen molar-refractivity contribution < 1.29 is 14.3 Å². The Morgan fingerprint density at radius 2 is 1.93 bits per heavy atom. The zero-order valence-corrected chi connectivity index (χ0v) is 18.2. The third kappa shape index (κ3) is 7.11. The molecule has 0 atom stereocenters. The van der Waals surface area contributed by atoms with E-state index in [2.05, 4.69) is 32.8 Å². The summed E-state index contributed by atoms with van der Waals surface area (Å²) in [4.78, 5) is 31.5. The van der Waals surface area contributed by atoms with Crippen molar-refractivity contribution in [2.45, 2.75) is 19.3 Å². The highest BCUT2D eigenvalue weighted by Gasteiger charge is 2.25. The zero-order valence-electron chi connectivity index (χ0n) is 16.6. The number of rotatable bonds is 8. The van der Waals surface area contributed by atoms with Crippen LogP contribution in [0.15, 0.2) is 71.2 Å². The first-order chi connectivity index (χ1) is 14.0. The first-order valence-electron chi connectivity index (χ1n) is 9.46. The van der Waals surface area contributed by atoms with Gasteiger partial charge in [0.05, 0.1) is 11.1 Å². The van der Waals surface area contributed by atoms with E-state index < -0.39 is 0 Å². The van der Waals surface area contributed by atoms with Crippen molar-refractivity contribution in [1.29, 1.82) is 0 Å². The molecule has 154 valence electrons. The van der Waals surface area contributed by atoms with Crippen LogP contribution in [0.4, 0.5) is 0 Å². The van der Waals surface area contributed by atoms with E-state index in [1.807, 2.05) is 12.2 Å². The molecule has 0 unspecified atom stereocenters. The average molecular weight is 460 g/mol. The lowest BCUT2D eigenvalue weighted by Crippen LogP contribution is -2.41. The number of hydrogen-bond donors (Lipinski definition) is 1. The number of carbonyl (C=O) groups excluding carboxylic acids is 2. The highest BCUT2D eigenvalue weighted by molar-refractivity contribution is 9.12. The number of methoxy groups -OCH3 is 1. The number of nitrogens with one attached hydrogen (secondary N) is 1. The molecule has 1 saturated heterocycles. The Morgan fingerprint density at radius 3 is 2.59 bits per heavy atom. The summed E-state index contributed by atoms with van der Waals surface area (Å²) < 4.78 is 5.41. The number of nitrogens with zero attached hydrogens (tertiary/aromatic N) is 2. The van der Waals surface area contributed by atoms with Crippen molar-refractivity contribution in [3.8, 4) is 0 Å². The van der Waals surface area contributed by atoms with E-state index in [1.165, 1.54) is 12.4 Å². The lowest BCUT2D eigenvalue weighted by Gasteiger charge is -2.28. The summed E-state index contributed by atoms with van der Waals surface area (Å²) >= 11 is 3.47. The highest BCUT2D eigenvalue weighted by atomic mass is 79.9. The molecule has 1 fully saturated rings. The molecular weight excluding hydrogens is 434 g/mol. The van der Waals surface area contributed by atoms with Crippen molar-refractivity contribution in [1.82, 2.24) is 15.2 Å². The van der Waals surface area contributed by atoms with Gasteiger partial charge >= 0.3 is 0 Å². The van der Waals surface area contributed by atoms with Crippen LogP contribution in [0.1, 0.15) is 29.6 Å². The van der Waals surface area contributed by atoms with E-state index in [0.29, 0.717) is 35.3 Å². The van der Waals surface area contributed by atoms with Gasteiger partial charge in [-0.1, -0.05) is 30.9 Å². The third-order valence-electron chi connectivity index (χ3n) is 4.35. The fourth-order valence-electron chi connectivity index (χ4n) is 2.78. The van der Waals surface area contributed by atoms with Gasteiger partial charge < -0.3 is 15.0 Å². The van der Waals surface area contributed by atoms with Crippen LogP contribution in [0.5, 0.6) is 0 Å². The average Bonchev–Trinajstić information content (AvgIpc) is 2.77. The van der Waals surface area contributed by atoms with Gasteiger partial charge in [0.15, 0.2) is 0 Å². The van der Waals surface area contributed by atoms with Gasteiger partial charge in [-0.15, -0.1) is 0 Å². The summed E-state index contributed by atoms with van der Waals surface area (Å²) in [6, 6.07) is 3.20. The zero-order chi connectivity index (χ0) is 21.1. The summed E-state index contributed by atoms with van der Waals surface area (Å²) in [5, 5.41) is 2.76. The van der Waals surface area contributed by atoms with Gasteiger partial charge in [0.25, 0.3) is 11.8 Å². The Hall–Kier alpha value is -2.51. The molecular formula is C22H26BrN3O3. The van der Waals surface area contributed by atoms with E-state index in [0.717, 1.165) is 19.3 Å². The molecule has 1 aliphatic rings. The maximum Gasteiger partial charge on any atom is 0.271 e. The van der Waals surface area contributed by atoms with Gasteiger partial charge in [-0.2, -0.15) is 0 Å². The van der Waals surface area contributed by atoms with E-state index in [4.69, 9.17) is 4.74 Å². The first-order valence-corrected chi connectivity index (χ1v) is 10.3. The van der Waals surface area contributed by atoms with Crippen LogP contribution < -0.4 is 5.32 Å². The van der Waals surface area contributed by atoms with Crippen LogP contribution >= 0.6 is 15.9 Å². The minimum atomic E-state index is -0.374.